The van der Waals surface area contributed by atoms with Crippen LogP contribution in [-0.2, 0) is 11.3 Å². The van der Waals surface area contributed by atoms with Crippen LogP contribution in [0.3, 0.4) is 0 Å². The number of phenolic OH excluding ortho intramolecular Hbond substituents is 2. The number of hydrogen-bond acceptors (Lipinski definition) is 4. The molecule has 0 unspecified atom stereocenters. The van der Waals surface area contributed by atoms with Crippen molar-refractivity contribution in [3.05, 3.63) is 48.1 Å². The molecule has 4 N–H and O–H groups in total. The molecule has 2 amide bonds. The largest absolute Gasteiger partial charge is 0.504 e. The van der Waals surface area contributed by atoms with E-state index in [9.17, 15) is 15.0 Å². The van der Waals surface area contributed by atoms with E-state index in [1.54, 1.807) is 6.07 Å². The Morgan fingerprint density at radius 3 is 2.68 bits per heavy atom. The van der Waals surface area contributed by atoms with Gasteiger partial charge < -0.3 is 25.6 Å². The van der Waals surface area contributed by atoms with Gasteiger partial charge in [-0.15, -0.1) is 0 Å². The molecule has 25 heavy (non-hydrogen) atoms. The van der Waals surface area contributed by atoms with Crippen molar-refractivity contribution in [3.63, 3.8) is 0 Å². The lowest BCUT2D eigenvalue weighted by molar-refractivity contribution is 0.157. The van der Waals surface area contributed by atoms with E-state index in [2.05, 4.69) is 17.6 Å². The summed E-state index contributed by atoms with van der Waals surface area (Å²) in [6, 6.07) is 4.11. The van der Waals surface area contributed by atoms with Gasteiger partial charge in [0.2, 0.25) is 0 Å². The minimum absolute atomic E-state index is 0.183. The Kier molecular flexibility index (Phi) is 10.6. The highest BCUT2D eigenvalue weighted by Gasteiger charge is 2.02. The van der Waals surface area contributed by atoms with Gasteiger partial charge in [0.15, 0.2) is 11.5 Å². The molecular weight excluding hydrogens is 320 g/mol. The van der Waals surface area contributed by atoms with Crippen molar-refractivity contribution in [3.8, 4) is 11.5 Å². The fraction of sp³-hybridized carbons (Fsp3) is 0.421. The number of carbonyl (C=O) groups excluding carboxylic acids is 1. The Bertz CT molecular complexity index is 571. The van der Waals surface area contributed by atoms with Crippen molar-refractivity contribution >= 4 is 6.03 Å². The number of hydrogen-bond donors (Lipinski definition) is 4. The number of allylic oxidation sites excluding steroid dienone is 2. The van der Waals surface area contributed by atoms with Crippen LogP contribution in [0.5, 0.6) is 11.5 Å². The van der Waals surface area contributed by atoms with Crippen LogP contribution < -0.4 is 10.6 Å². The third-order valence-corrected chi connectivity index (χ3v) is 3.36. The molecule has 0 aromatic heterocycles. The lowest BCUT2D eigenvalue weighted by atomic mass is 10.2. The summed E-state index contributed by atoms with van der Waals surface area (Å²) in [6.45, 7) is 4.23. The molecule has 0 saturated carbocycles. The summed E-state index contributed by atoms with van der Waals surface area (Å²) in [4.78, 5) is 11.6. The average molecular weight is 348 g/mol. The normalized spacial score (nSPS) is 11.2. The first-order chi connectivity index (χ1) is 12.1. The second-order valence-corrected chi connectivity index (χ2v) is 5.52. The third-order valence-electron chi connectivity index (χ3n) is 3.36. The molecule has 1 aromatic rings. The van der Waals surface area contributed by atoms with Crippen LogP contribution in [-0.4, -0.2) is 36.0 Å². The second-order valence-electron chi connectivity index (χ2n) is 5.52. The molecule has 0 heterocycles. The highest BCUT2D eigenvalue weighted by Crippen LogP contribution is 2.24. The molecule has 0 aliphatic rings. The molecule has 0 saturated heterocycles. The molecular formula is C19H28N2O4. The van der Waals surface area contributed by atoms with Crippen LogP contribution in [0.1, 0.15) is 31.7 Å². The summed E-state index contributed by atoms with van der Waals surface area (Å²) in [5.41, 5.74) is 0.697. The first kappa shape index (κ1) is 20.6. The highest BCUT2D eigenvalue weighted by atomic mass is 16.5. The lowest BCUT2D eigenvalue weighted by Crippen LogP contribution is -2.35. The number of phenols is 2. The molecule has 0 aliphatic heterocycles. The first-order valence-corrected chi connectivity index (χ1v) is 8.55. The third kappa shape index (κ3) is 10.1. The van der Waals surface area contributed by atoms with E-state index >= 15 is 0 Å². The van der Waals surface area contributed by atoms with Crippen LogP contribution in [0.2, 0.25) is 0 Å². The van der Waals surface area contributed by atoms with Crippen molar-refractivity contribution in [1.29, 1.82) is 0 Å². The summed E-state index contributed by atoms with van der Waals surface area (Å²) in [7, 11) is 0. The number of urea groups is 1. The van der Waals surface area contributed by atoms with Gasteiger partial charge in [0.1, 0.15) is 0 Å². The van der Waals surface area contributed by atoms with Crippen molar-refractivity contribution in [2.75, 3.05) is 19.8 Å². The van der Waals surface area contributed by atoms with E-state index in [1.807, 2.05) is 24.3 Å². The van der Waals surface area contributed by atoms with E-state index in [4.69, 9.17) is 4.74 Å². The maximum Gasteiger partial charge on any atom is 0.315 e. The Hall–Kier alpha value is -2.47. The zero-order valence-electron chi connectivity index (χ0n) is 14.7. The summed E-state index contributed by atoms with van der Waals surface area (Å²) in [5.74, 6) is -0.387. The summed E-state index contributed by atoms with van der Waals surface area (Å²) in [5, 5.41) is 24.0. The van der Waals surface area contributed by atoms with E-state index in [1.165, 1.54) is 25.0 Å². The Morgan fingerprint density at radius 1 is 1.12 bits per heavy atom. The molecule has 0 spiro atoms. The van der Waals surface area contributed by atoms with E-state index in [-0.39, 0.29) is 24.1 Å². The number of benzene rings is 1. The lowest BCUT2D eigenvalue weighted by Gasteiger charge is -2.07. The number of aromatic hydroxyl groups is 2. The second kappa shape index (κ2) is 12.9. The number of rotatable bonds is 11. The van der Waals surface area contributed by atoms with E-state index in [0.29, 0.717) is 18.7 Å². The zero-order valence-corrected chi connectivity index (χ0v) is 14.7. The zero-order chi connectivity index (χ0) is 18.3. The van der Waals surface area contributed by atoms with Gasteiger partial charge in [0.05, 0.1) is 6.61 Å². The standard InChI is InChI=1S/C19H28N2O4/c1-2-3-7-12-25-13-8-5-4-6-11-20-19(24)21-15-16-9-10-17(22)18(23)14-16/h4-6,8-10,14,22-23H,2-3,7,11-13,15H2,1H3,(H2,20,21,24)/b6-4+,8-5+. The maximum atomic E-state index is 11.6. The molecule has 0 fully saturated rings. The van der Waals surface area contributed by atoms with Crippen molar-refractivity contribution in [1.82, 2.24) is 10.6 Å². The first-order valence-electron chi connectivity index (χ1n) is 8.55. The monoisotopic (exact) mass is 348 g/mol. The fourth-order valence-electron chi connectivity index (χ4n) is 1.96. The number of nitrogens with one attached hydrogen (secondary N) is 2. The topological polar surface area (TPSA) is 90.8 Å². The number of unbranched alkanes of at least 4 members (excludes halogenated alkanes) is 2. The van der Waals surface area contributed by atoms with E-state index in [0.717, 1.165) is 13.0 Å². The van der Waals surface area contributed by atoms with Crippen LogP contribution in [0, 0.1) is 0 Å². The van der Waals surface area contributed by atoms with Crippen molar-refractivity contribution < 1.29 is 19.7 Å². The van der Waals surface area contributed by atoms with Gasteiger partial charge in [0, 0.05) is 19.7 Å². The molecule has 1 rings (SSSR count). The van der Waals surface area contributed by atoms with Crippen LogP contribution in [0.4, 0.5) is 4.79 Å². The molecule has 0 bridgehead atoms. The van der Waals surface area contributed by atoms with Gasteiger partial charge in [0.25, 0.3) is 0 Å². The van der Waals surface area contributed by atoms with Crippen molar-refractivity contribution in [2.45, 2.75) is 32.7 Å². The van der Waals surface area contributed by atoms with Gasteiger partial charge in [-0.05, 0) is 24.1 Å². The van der Waals surface area contributed by atoms with Crippen LogP contribution in [0.15, 0.2) is 42.5 Å². The van der Waals surface area contributed by atoms with Crippen molar-refractivity contribution in [2.24, 2.45) is 0 Å². The van der Waals surface area contributed by atoms with Gasteiger partial charge in [-0.1, -0.05) is 50.1 Å². The quantitative estimate of drug-likeness (QED) is 0.281. The molecule has 0 radical (unpaired) electrons. The summed E-state index contributed by atoms with van der Waals surface area (Å²) in [6.07, 6.45) is 11.0. The Morgan fingerprint density at radius 2 is 1.92 bits per heavy atom. The number of amides is 2. The molecule has 1 aromatic carbocycles. The predicted octanol–water partition coefficient (Wildman–Crippen LogP) is 3.22. The Balaban J connectivity index is 2.08. The SMILES string of the molecule is CCCCCOC/C=C/C=C/CNC(=O)NCc1ccc(O)c(O)c1. The fourth-order valence-corrected chi connectivity index (χ4v) is 1.96. The maximum absolute atomic E-state index is 11.6. The van der Waals surface area contributed by atoms with Gasteiger partial charge in [-0.2, -0.15) is 0 Å². The predicted molar refractivity (Wildman–Crippen MR) is 98.6 cm³/mol. The summed E-state index contributed by atoms with van der Waals surface area (Å²) >= 11 is 0. The molecule has 0 aliphatic carbocycles. The minimum Gasteiger partial charge on any atom is -0.504 e. The van der Waals surface area contributed by atoms with Crippen LogP contribution >= 0.6 is 0 Å². The molecule has 0 atom stereocenters. The average Bonchev–Trinajstić information content (AvgIpc) is 2.60. The summed E-state index contributed by atoms with van der Waals surface area (Å²) < 4.78 is 5.44. The smallest absolute Gasteiger partial charge is 0.315 e. The van der Waals surface area contributed by atoms with E-state index < -0.39 is 0 Å². The molecule has 6 nitrogen and oxygen atoms in total. The Labute approximate surface area is 149 Å². The van der Waals surface area contributed by atoms with Crippen LogP contribution in [0.25, 0.3) is 0 Å². The number of carbonyl (C=O) groups is 1. The molecule has 6 heteroatoms. The number of ether oxygens (including phenoxy) is 1. The van der Waals surface area contributed by atoms with Gasteiger partial charge in [-0.3, -0.25) is 0 Å². The molecule has 138 valence electrons. The highest BCUT2D eigenvalue weighted by molar-refractivity contribution is 5.74. The van der Waals surface area contributed by atoms with Gasteiger partial charge in [-0.25, -0.2) is 4.79 Å². The van der Waals surface area contributed by atoms with Gasteiger partial charge >= 0.3 is 6.03 Å². The minimum atomic E-state index is -0.305.